The summed E-state index contributed by atoms with van der Waals surface area (Å²) in [6.45, 7) is 3.59. The first-order valence-corrected chi connectivity index (χ1v) is 4.85. The molecule has 1 aromatic rings. The number of nitrogens with two attached hydrogens (primary N) is 1. The number of halogens is 3. The molecular formula is C11H14Cl2FN. The van der Waals surface area contributed by atoms with Gasteiger partial charge in [0, 0.05) is 11.6 Å². The van der Waals surface area contributed by atoms with Crippen molar-refractivity contribution in [2.75, 3.05) is 0 Å². The van der Waals surface area contributed by atoms with Crippen LogP contribution in [0.5, 0.6) is 0 Å². The zero-order valence-electron chi connectivity index (χ0n) is 8.25. The van der Waals surface area contributed by atoms with Crippen LogP contribution < -0.4 is 5.73 Å². The molecule has 4 heteroatoms. The van der Waals surface area contributed by atoms with Crippen LogP contribution in [0.25, 0.3) is 0 Å². The summed E-state index contributed by atoms with van der Waals surface area (Å²) in [5, 5.41) is 0.122. The van der Waals surface area contributed by atoms with Gasteiger partial charge in [0.2, 0.25) is 0 Å². The highest BCUT2D eigenvalue weighted by atomic mass is 35.5. The zero-order valence-corrected chi connectivity index (χ0v) is 9.82. The molecule has 0 aliphatic rings. The molecule has 0 saturated heterocycles. The molecule has 15 heavy (non-hydrogen) atoms. The Hall–Kier alpha value is -0.570. The van der Waals surface area contributed by atoms with Gasteiger partial charge in [0.15, 0.2) is 0 Å². The molecule has 0 radical (unpaired) electrons. The van der Waals surface area contributed by atoms with Gasteiger partial charge in [-0.15, -0.1) is 19.0 Å². The summed E-state index contributed by atoms with van der Waals surface area (Å²) in [4.78, 5) is 0. The van der Waals surface area contributed by atoms with Gasteiger partial charge in [-0.3, -0.25) is 0 Å². The third-order valence-corrected chi connectivity index (χ3v) is 2.35. The molecule has 0 unspecified atom stereocenters. The molecule has 1 nitrogen and oxygen atoms in total. The second-order valence-corrected chi connectivity index (χ2v) is 3.52. The highest BCUT2D eigenvalue weighted by Gasteiger charge is 2.12. The highest BCUT2D eigenvalue weighted by Crippen LogP contribution is 2.24. The molecule has 1 aromatic carbocycles. The first-order valence-electron chi connectivity index (χ1n) is 4.47. The van der Waals surface area contributed by atoms with Crippen LogP contribution in [-0.4, -0.2) is 0 Å². The Kier molecular flexibility index (Phi) is 6.57. The van der Waals surface area contributed by atoms with Crippen LogP contribution in [0, 0.1) is 5.82 Å². The molecule has 1 rings (SSSR count). The standard InChI is InChI=1S/C11H13ClFN.ClH/c1-2-3-7-10(14)8-5-4-6-9(12)11(8)13;/h2,4-6,10H,1,3,7,14H2;1H/t10-;/m1./s1. The highest BCUT2D eigenvalue weighted by molar-refractivity contribution is 6.30. The Bertz CT molecular complexity index is 328. The maximum atomic E-state index is 13.4. The minimum absolute atomic E-state index is 0. The number of benzene rings is 1. The van der Waals surface area contributed by atoms with E-state index >= 15 is 0 Å². The third kappa shape index (κ3) is 3.82. The monoisotopic (exact) mass is 249 g/mol. The summed E-state index contributed by atoms with van der Waals surface area (Å²) in [6.07, 6.45) is 3.22. The number of hydrogen-bond acceptors (Lipinski definition) is 1. The van der Waals surface area contributed by atoms with Gasteiger partial charge in [-0.1, -0.05) is 29.8 Å². The van der Waals surface area contributed by atoms with Gasteiger partial charge in [0.05, 0.1) is 5.02 Å². The topological polar surface area (TPSA) is 26.0 Å². The Morgan fingerprint density at radius 3 is 2.80 bits per heavy atom. The fourth-order valence-corrected chi connectivity index (χ4v) is 1.44. The van der Waals surface area contributed by atoms with Crippen LogP contribution in [-0.2, 0) is 0 Å². The van der Waals surface area contributed by atoms with Crippen LogP contribution in [0.4, 0.5) is 4.39 Å². The van der Waals surface area contributed by atoms with E-state index in [9.17, 15) is 4.39 Å². The van der Waals surface area contributed by atoms with E-state index in [1.54, 1.807) is 18.2 Å². The lowest BCUT2D eigenvalue weighted by Crippen LogP contribution is -2.11. The fraction of sp³-hybridized carbons (Fsp3) is 0.273. The third-order valence-electron chi connectivity index (χ3n) is 2.06. The van der Waals surface area contributed by atoms with Crippen molar-refractivity contribution in [3.63, 3.8) is 0 Å². The van der Waals surface area contributed by atoms with E-state index in [1.807, 2.05) is 0 Å². The van der Waals surface area contributed by atoms with Crippen molar-refractivity contribution in [2.24, 2.45) is 5.73 Å². The Morgan fingerprint density at radius 1 is 1.53 bits per heavy atom. The second-order valence-electron chi connectivity index (χ2n) is 3.12. The molecule has 84 valence electrons. The number of rotatable bonds is 4. The lowest BCUT2D eigenvalue weighted by atomic mass is 10.0. The average Bonchev–Trinajstić information content (AvgIpc) is 2.18. The van der Waals surface area contributed by atoms with E-state index in [1.165, 1.54) is 6.07 Å². The largest absolute Gasteiger partial charge is 0.324 e. The second kappa shape index (κ2) is 6.83. The van der Waals surface area contributed by atoms with E-state index in [0.29, 0.717) is 12.0 Å². The molecule has 0 saturated carbocycles. The van der Waals surface area contributed by atoms with Crippen molar-refractivity contribution in [1.82, 2.24) is 0 Å². The molecule has 1 atom stereocenters. The van der Waals surface area contributed by atoms with Crippen molar-refractivity contribution in [3.8, 4) is 0 Å². The molecule has 0 heterocycles. The first-order chi connectivity index (χ1) is 6.66. The van der Waals surface area contributed by atoms with Crippen LogP contribution in [0.1, 0.15) is 24.4 Å². The van der Waals surface area contributed by atoms with Gasteiger partial charge in [0.1, 0.15) is 5.82 Å². The summed E-state index contributed by atoms with van der Waals surface area (Å²) < 4.78 is 13.4. The molecule has 0 aliphatic carbocycles. The SMILES string of the molecule is C=CCC[C@@H](N)c1cccc(Cl)c1F.Cl. The minimum Gasteiger partial charge on any atom is -0.324 e. The molecule has 0 amide bonds. The maximum absolute atomic E-state index is 13.4. The smallest absolute Gasteiger partial charge is 0.146 e. The molecule has 2 N–H and O–H groups in total. The van der Waals surface area contributed by atoms with Crippen molar-refractivity contribution in [1.29, 1.82) is 0 Å². The van der Waals surface area contributed by atoms with Gasteiger partial charge < -0.3 is 5.73 Å². The number of hydrogen-bond donors (Lipinski definition) is 1. The van der Waals surface area contributed by atoms with Crippen molar-refractivity contribution in [2.45, 2.75) is 18.9 Å². The normalized spacial score (nSPS) is 11.7. The predicted molar refractivity (Wildman–Crippen MR) is 65.0 cm³/mol. The molecule has 0 bridgehead atoms. The van der Waals surface area contributed by atoms with Gasteiger partial charge in [-0.05, 0) is 18.9 Å². The van der Waals surface area contributed by atoms with Crippen LogP contribution in [0.3, 0.4) is 0 Å². The summed E-state index contributed by atoms with van der Waals surface area (Å²) >= 11 is 5.64. The summed E-state index contributed by atoms with van der Waals surface area (Å²) in [5.41, 5.74) is 6.28. The zero-order chi connectivity index (χ0) is 10.6. The Balaban J connectivity index is 0.00000196. The van der Waals surface area contributed by atoms with Crippen LogP contribution >= 0.6 is 24.0 Å². The van der Waals surface area contributed by atoms with Crippen molar-refractivity contribution >= 4 is 24.0 Å². The van der Waals surface area contributed by atoms with E-state index in [2.05, 4.69) is 6.58 Å². The van der Waals surface area contributed by atoms with E-state index in [0.717, 1.165) is 6.42 Å². The van der Waals surface area contributed by atoms with E-state index < -0.39 is 5.82 Å². The molecule has 0 aliphatic heterocycles. The lowest BCUT2D eigenvalue weighted by molar-refractivity contribution is 0.567. The van der Waals surface area contributed by atoms with Crippen LogP contribution in [0.15, 0.2) is 30.9 Å². The van der Waals surface area contributed by atoms with E-state index in [4.69, 9.17) is 17.3 Å². The van der Waals surface area contributed by atoms with Gasteiger partial charge in [-0.2, -0.15) is 0 Å². The molecule has 0 fully saturated rings. The van der Waals surface area contributed by atoms with Gasteiger partial charge >= 0.3 is 0 Å². The Labute approximate surface area is 101 Å². The summed E-state index contributed by atoms with van der Waals surface area (Å²) in [7, 11) is 0. The Morgan fingerprint density at radius 2 is 2.20 bits per heavy atom. The maximum Gasteiger partial charge on any atom is 0.146 e. The first kappa shape index (κ1) is 14.4. The molecule has 0 aromatic heterocycles. The quantitative estimate of drug-likeness (QED) is 0.806. The fourth-order valence-electron chi connectivity index (χ4n) is 1.26. The average molecular weight is 250 g/mol. The van der Waals surface area contributed by atoms with Crippen LogP contribution in [0.2, 0.25) is 5.02 Å². The van der Waals surface area contributed by atoms with Crippen molar-refractivity contribution in [3.05, 3.63) is 47.3 Å². The van der Waals surface area contributed by atoms with Gasteiger partial charge in [0.25, 0.3) is 0 Å². The van der Waals surface area contributed by atoms with Gasteiger partial charge in [-0.25, -0.2) is 4.39 Å². The van der Waals surface area contributed by atoms with Crippen molar-refractivity contribution < 1.29 is 4.39 Å². The molecule has 0 spiro atoms. The molecular weight excluding hydrogens is 236 g/mol. The summed E-state index contributed by atoms with van der Waals surface area (Å²) in [5.74, 6) is -0.411. The minimum atomic E-state index is -0.411. The predicted octanol–water partition coefficient (Wildman–Crippen LogP) is 3.87. The summed E-state index contributed by atoms with van der Waals surface area (Å²) in [6, 6.07) is 4.57. The number of allylic oxidation sites excluding steroid dienone is 1. The lowest BCUT2D eigenvalue weighted by Gasteiger charge is -2.12. The van der Waals surface area contributed by atoms with E-state index in [-0.39, 0.29) is 23.5 Å².